The molecule has 0 atom stereocenters. The van der Waals surface area contributed by atoms with E-state index in [1.165, 1.54) is 0 Å². The summed E-state index contributed by atoms with van der Waals surface area (Å²) in [5.41, 5.74) is 10.3. The summed E-state index contributed by atoms with van der Waals surface area (Å²) >= 11 is 0. The van der Waals surface area contributed by atoms with Crippen molar-refractivity contribution >= 4 is 16.6 Å². The third-order valence-electron chi connectivity index (χ3n) is 4.38. The predicted octanol–water partition coefficient (Wildman–Crippen LogP) is 4.96. The molecule has 1 heterocycles. The predicted molar refractivity (Wildman–Crippen MR) is 103 cm³/mol. The van der Waals surface area contributed by atoms with Crippen LogP contribution in [0.3, 0.4) is 0 Å². The molecule has 0 fully saturated rings. The summed E-state index contributed by atoms with van der Waals surface area (Å²) < 4.78 is 7.91. The van der Waals surface area contributed by atoms with Crippen molar-refractivity contribution in [1.82, 2.24) is 4.57 Å². The number of benzene rings is 2. The Kier molecular flexibility index (Phi) is 4.95. The molecule has 0 aliphatic heterocycles. The van der Waals surface area contributed by atoms with Gasteiger partial charge >= 0.3 is 0 Å². The molecule has 2 N–H and O–H groups in total. The third-order valence-corrected chi connectivity index (χ3v) is 4.38. The fourth-order valence-electron chi connectivity index (χ4n) is 3.19. The Bertz CT molecular complexity index is 917. The first-order valence-electron chi connectivity index (χ1n) is 8.74. The Morgan fingerprint density at radius 2 is 1.88 bits per heavy atom. The van der Waals surface area contributed by atoms with E-state index in [4.69, 9.17) is 10.5 Å². The van der Waals surface area contributed by atoms with Crippen LogP contribution in [0.4, 0.5) is 5.69 Å². The van der Waals surface area contributed by atoms with Gasteiger partial charge in [0.2, 0.25) is 0 Å². The zero-order chi connectivity index (χ0) is 17.8. The average molecular weight is 333 g/mol. The van der Waals surface area contributed by atoms with Crippen LogP contribution in [0, 0.1) is 11.3 Å². The number of nitrogen functional groups attached to an aromatic ring is 1. The second-order valence-corrected chi connectivity index (χ2v) is 6.07. The maximum absolute atomic E-state index is 9.82. The van der Waals surface area contributed by atoms with Gasteiger partial charge < -0.3 is 15.0 Å². The van der Waals surface area contributed by atoms with Gasteiger partial charge in [-0.2, -0.15) is 5.26 Å². The molecule has 0 spiro atoms. The van der Waals surface area contributed by atoms with E-state index in [1.807, 2.05) is 49.4 Å². The van der Waals surface area contributed by atoms with Gasteiger partial charge in [-0.3, -0.25) is 0 Å². The van der Waals surface area contributed by atoms with E-state index in [2.05, 4.69) is 17.6 Å². The second kappa shape index (κ2) is 7.31. The summed E-state index contributed by atoms with van der Waals surface area (Å²) in [6.07, 6.45) is 2.14. The molecule has 2 aromatic carbocycles. The first-order valence-corrected chi connectivity index (χ1v) is 8.74. The van der Waals surface area contributed by atoms with E-state index in [0.717, 1.165) is 53.0 Å². The molecule has 0 aliphatic rings. The van der Waals surface area contributed by atoms with E-state index in [9.17, 15) is 5.26 Å². The molecule has 0 unspecified atom stereocenters. The number of nitrogens with zero attached hydrogens (tertiary/aromatic N) is 2. The molecule has 0 saturated carbocycles. The molecule has 25 heavy (non-hydrogen) atoms. The summed E-state index contributed by atoms with van der Waals surface area (Å²) in [5.74, 6) is 0.832. The van der Waals surface area contributed by atoms with Gasteiger partial charge in [-0.15, -0.1) is 0 Å². The molecule has 0 saturated heterocycles. The van der Waals surface area contributed by atoms with E-state index >= 15 is 0 Å². The number of aryl methyl sites for hydroxylation is 1. The number of hydrogen-bond acceptors (Lipinski definition) is 3. The van der Waals surface area contributed by atoms with Crippen molar-refractivity contribution in [2.75, 3.05) is 12.3 Å². The minimum Gasteiger partial charge on any atom is -0.494 e. The quantitative estimate of drug-likeness (QED) is 0.648. The molecular formula is C21H23N3O. The van der Waals surface area contributed by atoms with Crippen molar-refractivity contribution < 1.29 is 4.74 Å². The molecule has 0 aliphatic carbocycles. The number of nitrogens with two attached hydrogens (primary N) is 1. The number of fused-ring (bicyclic) bond motifs is 1. The van der Waals surface area contributed by atoms with Crippen LogP contribution in [0.25, 0.3) is 22.2 Å². The van der Waals surface area contributed by atoms with Crippen molar-refractivity contribution in [2.45, 2.75) is 33.2 Å². The Morgan fingerprint density at radius 3 is 2.52 bits per heavy atom. The monoisotopic (exact) mass is 333 g/mol. The molecule has 4 heteroatoms. The highest BCUT2D eigenvalue weighted by molar-refractivity contribution is 5.95. The van der Waals surface area contributed by atoms with Crippen LogP contribution >= 0.6 is 0 Å². The normalized spacial score (nSPS) is 10.8. The maximum atomic E-state index is 9.82. The molecule has 0 radical (unpaired) electrons. The Hall–Kier alpha value is -2.93. The minimum absolute atomic E-state index is 0.622. The van der Waals surface area contributed by atoms with Crippen LogP contribution in [0.1, 0.15) is 32.3 Å². The molecule has 128 valence electrons. The first kappa shape index (κ1) is 16.9. The lowest BCUT2D eigenvalue weighted by atomic mass is 10.1. The number of unbranched alkanes of at least 4 members (excludes halogenated alkanes) is 1. The highest BCUT2D eigenvalue weighted by atomic mass is 16.5. The van der Waals surface area contributed by atoms with Crippen LogP contribution in [-0.4, -0.2) is 11.2 Å². The van der Waals surface area contributed by atoms with E-state index in [1.54, 1.807) is 0 Å². The molecular weight excluding hydrogens is 310 g/mol. The molecule has 3 aromatic rings. The molecule has 4 nitrogen and oxygen atoms in total. The van der Waals surface area contributed by atoms with E-state index in [-0.39, 0.29) is 0 Å². The summed E-state index contributed by atoms with van der Waals surface area (Å²) in [4.78, 5) is 0. The zero-order valence-electron chi connectivity index (χ0n) is 14.7. The van der Waals surface area contributed by atoms with E-state index < -0.39 is 0 Å². The lowest BCUT2D eigenvalue weighted by Crippen LogP contribution is -2.01. The van der Waals surface area contributed by atoms with Gasteiger partial charge in [-0.1, -0.05) is 25.5 Å². The lowest BCUT2D eigenvalue weighted by Gasteiger charge is -2.12. The van der Waals surface area contributed by atoms with Crippen LogP contribution < -0.4 is 10.5 Å². The van der Waals surface area contributed by atoms with Gasteiger partial charge in [0.1, 0.15) is 11.8 Å². The van der Waals surface area contributed by atoms with Crippen molar-refractivity contribution in [3.8, 4) is 23.1 Å². The minimum atomic E-state index is 0.622. The fourth-order valence-corrected chi connectivity index (χ4v) is 3.19. The van der Waals surface area contributed by atoms with Crippen LogP contribution in [0.15, 0.2) is 42.5 Å². The van der Waals surface area contributed by atoms with Gasteiger partial charge in [-0.05, 0) is 43.2 Å². The second-order valence-electron chi connectivity index (χ2n) is 6.07. The molecule has 3 rings (SSSR count). The average Bonchev–Trinajstić information content (AvgIpc) is 2.93. The van der Waals surface area contributed by atoms with E-state index in [0.29, 0.717) is 12.2 Å². The highest BCUT2D eigenvalue weighted by Gasteiger charge is 2.19. The van der Waals surface area contributed by atoms with Crippen LogP contribution in [0.2, 0.25) is 0 Å². The lowest BCUT2D eigenvalue weighted by molar-refractivity contribution is 0.340. The summed E-state index contributed by atoms with van der Waals surface area (Å²) in [5, 5.41) is 10.8. The van der Waals surface area contributed by atoms with Gasteiger partial charge in [0.25, 0.3) is 0 Å². The first-order chi connectivity index (χ1) is 12.2. The number of ether oxygens (including phenoxy) is 1. The van der Waals surface area contributed by atoms with Gasteiger partial charge in [0, 0.05) is 23.7 Å². The largest absolute Gasteiger partial charge is 0.494 e. The third kappa shape index (κ3) is 3.18. The van der Waals surface area contributed by atoms with Crippen molar-refractivity contribution in [3.63, 3.8) is 0 Å². The number of hydrogen-bond donors (Lipinski definition) is 1. The number of rotatable bonds is 6. The highest BCUT2D eigenvalue weighted by Crippen LogP contribution is 2.36. The number of aromatic nitrogens is 1. The summed E-state index contributed by atoms with van der Waals surface area (Å²) in [6.45, 7) is 5.63. The van der Waals surface area contributed by atoms with Gasteiger partial charge in [0.15, 0.2) is 0 Å². The van der Waals surface area contributed by atoms with Crippen molar-refractivity contribution in [2.24, 2.45) is 0 Å². The topological polar surface area (TPSA) is 64.0 Å². The number of anilines is 1. The molecule has 0 amide bonds. The van der Waals surface area contributed by atoms with Crippen molar-refractivity contribution in [3.05, 3.63) is 48.0 Å². The molecule has 1 aromatic heterocycles. The standard InChI is InChI=1S/C21H23N3O/c1-3-5-12-24-20-13-17(25-4-2)10-11-18(20)19(14-22)21(24)15-6-8-16(23)9-7-15/h6-11,13H,3-5,12,23H2,1-2H3. The van der Waals surface area contributed by atoms with Crippen molar-refractivity contribution in [1.29, 1.82) is 5.26 Å². The van der Waals surface area contributed by atoms with Crippen LogP contribution in [0.5, 0.6) is 5.75 Å². The zero-order valence-corrected chi connectivity index (χ0v) is 14.7. The Labute approximate surface area is 148 Å². The molecule has 0 bridgehead atoms. The summed E-state index contributed by atoms with van der Waals surface area (Å²) in [6, 6.07) is 16.1. The SMILES string of the molecule is CCCCn1c(-c2ccc(N)cc2)c(C#N)c2ccc(OCC)cc21. The van der Waals surface area contributed by atoms with Gasteiger partial charge in [0.05, 0.1) is 23.4 Å². The smallest absolute Gasteiger partial charge is 0.121 e. The fraction of sp³-hybridized carbons (Fsp3) is 0.286. The maximum Gasteiger partial charge on any atom is 0.121 e. The van der Waals surface area contributed by atoms with Gasteiger partial charge in [-0.25, -0.2) is 0 Å². The van der Waals surface area contributed by atoms with Crippen LogP contribution in [-0.2, 0) is 6.54 Å². The summed E-state index contributed by atoms with van der Waals surface area (Å²) in [7, 11) is 0. The Balaban J connectivity index is 2.28. The number of nitriles is 1. The Morgan fingerprint density at radius 1 is 1.12 bits per heavy atom.